The molecule has 2 aromatic carbocycles. The molecule has 0 saturated carbocycles. The van der Waals surface area contributed by atoms with E-state index in [1.54, 1.807) is 38.6 Å². The number of hydrogen-bond acceptors (Lipinski definition) is 4. The molecule has 0 amide bonds. The van der Waals surface area contributed by atoms with E-state index in [4.69, 9.17) is 15.2 Å². The molecule has 3 aromatic rings. The molecule has 0 bridgehead atoms. The van der Waals surface area contributed by atoms with Gasteiger partial charge in [0, 0.05) is 28.6 Å². The number of methoxy groups -OCH3 is 2. The molecule has 1 heterocycles. The van der Waals surface area contributed by atoms with Crippen LogP contribution in [0, 0.1) is 0 Å². The maximum atomic E-state index is 11.7. The predicted molar refractivity (Wildman–Crippen MR) is 95.3 cm³/mol. The van der Waals surface area contributed by atoms with Gasteiger partial charge in [-0.1, -0.05) is 18.2 Å². The van der Waals surface area contributed by atoms with E-state index in [0.717, 1.165) is 16.5 Å². The van der Waals surface area contributed by atoms with Crippen LogP contribution in [-0.4, -0.2) is 36.3 Å². The van der Waals surface area contributed by atoms with Crippen LogP contribution < -0.4 is 15.2 Å². The summed E-state index contributed by atoms with van der Waals surface area (Å²) in [7, 11) is 3.10. The molecule has 3 rings (SSSR count). The van der Waals surface area contributed by atoms with Crippen LogP contribution in [-0.2, 0) is 4.79 Å². The van der Waals surface area contributed by atoms with Crippen LogP contribution in [0.5, 0.6) is 11.5 Å². The van der Waals surface area contributed by atoms with Crippen LogP contribution in [0.15, 0.2) is 48.7 Å². The number of H-pyrrole nitrogens is 1. The van der Waals surface area contributed by atoms with Crippen molar-refractivity contribution < 1.29 is 19.4 Å². The lowest BCUT2D eigenvalue weighted by atomic mass is 9.84. The minimum Gasteiger partial charge on any atom is -0.497 e. The number of nitrogens with two attached hydrogens (primary N) is 1. The van der Waals surface area contributed by atoms with Gasteiger partial charge in [0.05, 0.1) is 14.2 Å². The fourth-order valence-corrected chi connectivity index (χ4v) is 3.13. The van der Waals surface area contributed by atoms with Gasteiger partial charge in [-0.25, -0.2) is 0 Å². The van der Waals surface area contributed by atoms with Crippen molar-refractivity contribution in [2.24, 2.45) is 5.73 Å². The average molecular weight is 340 g/mol. The highest BCUT2D eigenvalue weighted by Crippen LogP contribution is 2.39. The Morgan fingerprint density at radius 1 is 1.12 bits per heavy atom. The number of hydrogen-bond donors (Lipinski definition) is 3. The third kappa shape index (κ3) is 3.04. The van der Waals surface area contributed by atoms with E-state index in [-0.39, 0.29) is 0 Å². The lowest BCUT2D eigenvalue weighted by Crippen LogP contribution is -2.37. The van der Waals surface area contributed by atoms with Gasteiger partial charge >= 0.3 is 5.97 Å². The maximum Gasteiger partial charge on any atom is 0.321 e. The van der Waals surface area contributed by atoms with E-state index < -0.39 is 17.9 Å². The van der Waals surface area contributed by atoms with Crippen molar-refractivity contribution in [3.63, 3.8) is 0 Å². The topological polar surface area (TPSA) is 97.6 Å². The van der Waals surface area contributed by atoms with E-state index in [1.165, 1.54) is 0 Å². The summed E-state index contributed by atoms with van der Waals surface area (Å²) in [4.78, 5) is 14.9. The number of para-hydroxylation sites is 1. The van der Waals surface area contributed by atoms with Crippen LogP contribution in [0.3, 0.4) is 0 Å². The zero-order valence-corrected chi connectivity index (χ0v) is 14.0. The number of fused-ring (bicyclic) bond motifs is 1. The molecule has 0 aliphatic heterocycles. The van der Waals surface area contributed by atoms with Gasteiger partial charge in [-0.2, -0.15) is 0 Å². The molecule has 0 fully saturated rings. The van der Waals surface area contributed by atoms with Gasteiger partial charge in [-0.3, -0.25) is 4.79 Å². The van der Waals surface area contributed by atoms with Crippen molar-refractivity contribution in [2.75, 3.05) is 14.2 Å². The van der Waals surface area contributed by atoms with Gasteiger partial charge < -0.3 is 25.3 Å². The standard InChI is InChI=1S/C19H20N2O4/c1-24-11-7-8-16(25-2)13(9-11)17(18(20)19(22)23)14-10-21-15-6-4-3-5-12(14)15/h3-10,17-18,21H,20H2,1-2H3,(H,22,23)/t17-,18-/m0/s1. The number of carboxylic acids is 1. The molecule has 2 atom stereocenters. The molecule has 0 saturated heterocycles. The first kappa shape index (κ1) is 16.9. The largest absolute Gasteiger partial charge is 0.497 e. The number of aromatic amines is 1. The number of ether oxygens (including phenoxy) is 2. The summed E-state index contributed by atoms with van der Waals surface area (Å²) < 4.78 is 10.7. The van der Waals surface area contributed by atoms with Gasteiger partial charge in [0.1, 0.15) is 17.5 Å². The maximum absolute atomic E-state index is 11.7. The Hall–Kier alpha value is -2.99. The summed E-state index contributed by atoms with van der Waals surface area (Å²) in [5, 5.41) is 10.5. The zero-order chi connectivity index (χ0) is 18.0. The Morgan fingerprint density at radius 2 is 1.88 bits per heavy atom. The summed E-state index contributed by atoms with van der Waals surface area (Å²) in [6, 6.07) is 11.9. The Morgan fingerprint density at radius 3 is 2.56 bits per heavy atom. The number of carbonyl (C=O) groups is 1. The van der Waals surface area contributed by atoms with Crippen molar-refractivity contribution in [3.8, 4) is 11.5 Å². The molecule has 0 unspecified atom stereocenters. The number of aliphatic carboxylic acids is 1. The number of carboxylic acid groups (broad SMARTS) is 1. The molecular formula is C19H20N2O4. The monoisotopic (exact) mass is 340 g/mol. The average Bonchev–Trinajstić information content (AvgIpc) is 3.05. The predicted octanol–water partition coefficient (Wildman–Crippen LogP) is 2.73. The van der Waals surface area contributed by atoms with Crippen LogP contribution >= 0.6 is 0 Å². The van der Waals surface area contributed by atoms with Crippen molar-refractivity contribution >= 4 is 16.9 Å². The van der Waals surface area contributed by atoms with E-state index in [1.807, 2.05) is 24.3 Å². The summed E-state index contributed by atoms with van der Waals surface area (Å²) in [5.74, 6) is -0.509. The van der Waals surface area contributed by atoms with Crippen molar-refractivity contribution in [1.82, 2.24) is 4.98 Å². The lowest BCUT2D eigenvalue weighted by Gasteiger charge is -2.23. The molecule has 0 spiro atoms. The molecule has 4 N–H and O–H groups in total. The Balaban J connectivity index is 2.25. The molecule has 6 heteroatoms. The van der Waals surface area contributed by atoms with E-state index >= 15 is 0 Å². The van der Waals surface area contributed by atoms with Gasteiger partial charge in [0.25, 0.3) is 0 Å². The molecule has 1 aromatic heterocycles. The minimum absolute atomic E-state index is 0.563. The Bertz CT molecular complexity index is 903. The van der Waals surface area contributed by atoms with E-state index in [2.05, 4.69) is 4.98 Å². The summed E-state index contributed by atoms with van der Waals surface area (Å²) >= 11 is 0. The number of rotatable bonds is 6. The minimum atomic E-state index is -1.14. The van der Waals surface area contributed by atoms with Gasteiger partial charge in [-0.05, 0) is 29.8 Å². The summed E-state index contributed by atoms with van der Waals surface area (Å²) in [6.07, 6.45) is 1.80. The van der Waals surface area contributed by atoms with Crippen LogP contribution in [0.1, 0.15) is 17.0 Å². The fraction of sp³-hybridized carbons (Fsp3) is 0.211. The van der Waals surface area contributed by atoms with Gasteiger partial charge in [0.15, 0.2) is 0 Å². The second-order valence-electron chi connectivity index (χ2n) is 5.74. The lowest BCUT2D eigenvalue weighted by molar-refractivity contribution is -0.138. The van der Waals surface area contributed by atoms with Crippen LogP contribution in [0.4, 0.5) is 0 Å². The molecule has 0 radical (unpaired) electrons. The second-order valence-corrected chi connectivity index (χ2v) is 5.74. The van der Waals surface area contributed by atoms with Crippen molar-refractivity contribution in [1.29, 1.82) is 0 Å². The van der Waals surface area contributed by atoms with Crippen LogP contribution in [0.25, 0.3) is 10.9 Å². The first-order valence-electron chi connectivity index (χ1n) is 7.83. The second kappa shape index (κ2) is 6.86. The molecular weight excluding hydrogens is 320 g/mol. The highest BCUT2D eigenvalue weighted by atomic mass is 16.5. The number of nitrogens with one attached hydrogen (secondary N) is 1. The quantitative estimate of drug-likeness (QED) is 0.641. The number of benzene rings is 2. The third-order valence-corrected chi connectivity index (χ3v) is 4.37. The third-order valence-electron chi connectivity index (χ3n) is 4.37. The Kier molecular flexibility index (Phi) is 4.63. The van der Waals surface area contributed by atoms with E-state index in [0.29, 0.717) is 17.1 Å². The highest BCUT2D eigenvalue weighted by Gasteiger charge is 2.32. The summed E-state index contributed by atoms with van der Waals surface area (Å²) in [5.41, 5.74) is 8.47. The SMILES string of the molecule is COc1ccc(OC)c([C@@H](c2c[nH]c3ccccc23)[C@H](N)C(=O)O)c1. The molecule has 25 heavy (non-hydrogen) atoms. The Labute approximate surface area is 145 Å². The van der Waals surface area contributed by atoms with Crippen molar-refractivity contribution in [3.05, 3.63) is 59.8 Å². The van der Waals surface area contributed by atoms with Crippen molar-refractivity contribution in [2.45, 2.75) is 12.0 Å². The normalized spacial score (nSPS) is 13.4. The van der Waals surface area contributed by atoms with Gasteiger partial charge in [0.2, 0.25) is 0 Å². The molecule has 0 aliphatic carbocycles. The summed E-state index contributed by atoms with van der Waals surface area (Å²) in [6.45, 7) is 0. The first-order valence-corrected chi connectivity index (χ1v) is 7.83. The van der Waals surface area contributed by atoms with Gasteiger partial charge in [-0.15, -0.1) is 0 Å². The smallest absolute Gasteiger partial charge is 0.321 e. The number of aromatic nitrogens is 1. The fourth-order valence-electron chi connectivity index (χ4n) is 3.13. The molecule has 0 aliphatic rings. The first-order chi connectivity index (χ1) is 12.1. The van der Waals surface area contributed by atoms with E-state index in [9.17, 15) is 9.90 Å². The molecule has 130 valence electrons. The van der Waals surface area contributed by atoms with Crippen LogP contribution in [0.2, 0.25) is 0 Å². The highest BCUT2D eigenvalue weighted by molar-refractivity contribution is 5.86. The molecule has 6 nitrogen and oxygen atoms in total. The zero-order valence-electron chi connectivity index (χ0n) is 14.0.